The van der Waals surface area contributed by atoms with Gasteiger partial charge in [0, 0.05) is 25.7 Å². The number of phosphoric acid groups is 2. The lowest BCUT2D eigenvalue weighted by molar-refractivity contribution is -0.161. The van der Waals surface area contributed by atoms with Gasteiger partial charge in [0.25, 0.3) is 0 Å². The molecule has 0 aromatic rings. The molecule has 0 aliphatic heterocycles. The predicted molar refractivity (Wildman–Crippen MR) is 428 cm³/mol. The van der Waals surface area contributed by atoms with Gasteiger partial charge in [0.15, 0.2) is 12.2 Å². The number of phosphoric ester groups is 2. The molecular formula is C85H166O17P2. The summed E-state index contributed by atoms with van der Waals surface area (Å²) in [5.41, 5.74) is 0. The fourth-order valence-corrected chi connectivity index (χ4v) is 14.8. The van der Waals surface area contributed by atoms with Gasteiger partial charge in [0.2, 0.25) is 0 Å². The summed E-state index contributed by atoms with van der Waals surface area (Å²) in [5, 5.41) is 10.7. The van der Waals surface area contributed by atoms with E-state index < -0.39 is 97.5 Å². The Hall–Kier alpha value is -1.94. The van der Waals surface area contributed by atoms with Gasteiger partial charge in [-0.15, -0.1) is 0 Å². The molecule has 3 N–H and O–H groups in total. The minimum atomic E-state index is -4.96. The number of aliphatic hydroxyl groups excluding tert-OH is 1. The van der Waals surface area contributed by atoms with Crippen LogP contribution in [0.15, 0.2) is 0 Å². The highest BCUT2D eigenvalue weighted by Crippen LogP contribution is 2.45. The maximum absolute atomic E-state index is 13.1. The number of rotatable bonds is 84. The summed E-state index contributed by atoms with van der Waals surface area (Å²) in [6.45, 7) is 9.72. The molecule has 0 amide bonds. The SMILES string of the molecule is CCCCCCCCCCCCCCCCCCCCC(=O)OC[C@H](COP(=O)(O)OC[C@@H](O)COP(=O)(O)OC[C@@H](COC(=O)CCCCCCCCCCC)OC(=O)CCCCCCCCCCCCCCC(C)C)OC(=O)CCCCCCCCCCCCCCCCCCCCC(C)CC. The molecule has 0 heterocycles. The summed E-state index contributed by atoms with van der Waals surface area (Å²) in [6, 6.07) is 0. The third-order valence-electron chi connectivity index (χ3n) is 20.3. The van der Waals surface area contributed by atoms with Crippen molar-refractivity contribution < 1.29 is 80.2 Å². The lowest BCUT2D eigenvalue weighted by Gasteiger charge is -2.21. The average Bonchev–Trinajstić information content (AvgIpc) is 0.903. The van der Waals surface area contributed by atoms with Gasteiger partial charge in [0.05, 0.1) is 26.4 Å². The van der Waals surface area contributed by atoms with E-state index >= 15 is 0 Å². The summed E-state index contributed by atoms with van der Waals surface area (Å²) in [7, 11) is -9.92. The summed E-state index contributed by atoms with van der Waals surface area (Å²) in [5.74, 6) is -0.456. The number of carbonyl (C=O) groups excluding carboxylic acids is 4. The molecule has 0 fully saturated rings. The second kappa shape index (κ2) is 76.4. The summed E-state index contributed by atoms with van der Waals surface area (Å²) < 4.78 is 68.8. The van der Waals surface area contributed by atoms with Crippen LogP contribution in [0.5, 0.6) is 0 Å². The zero-order valence-electron chi connectivity index (χ0n) is 68.3. The van der Waals surface area contributed by atoms with Crippen LogP contribution in [-0.2, 0) is 65.4 Å². The quantitative estimate of drug-likeness (QED) is 0.0222. The van der Waals surface area contributed by atoms with Crippen LogP contribution >= 0.6 is 15.6 Å². The van der Waals surface area contributed by atoms with Gasteiger partial charge in [-0.2, -0.15) is 0 Å². The third-order valence-corrected chi connectivity index (χ3v) is 22.2. The van der Waals surface area contributed by atoms with Gasteiger partial charge in [-0.25, -0.2) is 9.13 Å². The fraction of sp³-hybridized carbons (Fsp3) is 0.953. The fourth-order valence-electron chi connectivity index (χ4n) is 13.2. The normalized spacial score (nSPS) is 14.1. The summed E-state index contributed by atoms with van der Waals surface area (Å²) >= 11 is 0. The molecular weight excluding hydrogens is 1350 g/mol. The van der Waals surface area contributed by atoms with E-state index in [0.29, 0.717) is 25.7 Å². The minimum absolute atomic E-state index is 0.107. The highest BCUT2D eigenvalue weighted by atomic mass is 31.2. The predicted octanol–water partition coefficient (Wildman–Crippen LogP) is 25.8. The smallest absolute Gasteiger partial charge is 0.462 e. The molecule has 0 aliphatic rings. The van der Waals surface area contributed by atoms with Crippen molar-refractivity contribution in [1.29, 1.82) is 0 Å². The van der Waals surface area contributed by atoms with Gasteiger partial charge in [-0.1, -0.05) is 401 Å². The van der Waals surface area contributed by atoms with Crippen molar-refractivity contribution in [3.05, 3.63) is 0 Å². The summed E-state index contributed by atoms with van der Waals surface area (Å²) in [6.07, 6.45) is 68.0. The van der Waals surface area contributed by atoms with Crippen molar-refractivity contribution in [1.82, 2.24) is 0 Å². The highest BCUT2D eigenvalue weighted by Gasteiger charge is 2.30. The standard InChI is InChI=1S/C85H166O17P2/c1-7-10-12-14-16-18-19-20-21-22-26-29-32-38-44-50-56-62-68-83(88)96-74-81(102-84(89)69-63-57-51-45-39-33-30-27-24-23-25-28-31-37-43-48-54-60-66-78(6)9-3)76-100-104(93,94)98-72-79(86)71-97-103(91,92)99-75-80(73-95-82(87)67-61-55-49-41-17-15-13-11-8-2)101-85(90)70-64-58-52-46-40-35-34-36-42-47-53-59-65-77(4)5/h77-81,86H,7-76H2,1-6H3,(H,91,92)(H,93,94)/t78?,79-,80+,81+/m0/s1. The van der Waals surface area contributed by atoms with Crippen molar-refractivity contribution in [2.45, 2.75) is 471 Å². The summed E-state index contributed by atoms with van der Waals surface area (Å²) in [4.78, 5) is 73.1. The maximum atomic E-state index is 13.1. The number of ether oxygens (including phenoxy) is 4. The first-order chi connectivity index (χ1) is 50.4. The van der Waals surface area contributed by atoms with E-state index in [1.165, 1.54) is 270 Å². The van der Waals surface area contributed by atoms with E-state index in [1.807, 2.05) is 0 Å². The molecule has 0 saturated carbocycles. The Kier molecular flexibility index (Phi) is 75.0. The molecule has 0 aliphatic carbocycles. The number of aliphatic hydroxyl groups is 1. The molecule has 0 spiro atoms. The average molecular weight is 1520 g/mol. The number of hydrogen-bond donors (Lipinski definition) is 3. The van der Waals surface area contributed by atoms with E-state index in [9.17, 15) is 43.2 Å². The second-order valence-electron chi connectivity index (χ2n) is 31.3. The first kappa shape index (κ1) is 102. The van der Waals surface area contributed by atoms with Crippen LogP contribution in [0.3, 0.4) is 0 Å². The Labute approximate surface area is 638 Å². The van der Waals surface area contributed by atoms with Crippen molar-refractivity contribution in [3.8, 4) is 0 Å². The molecule has 618 valence electrons. The molecule has 0 aromatic carbocycles. The van der Waals surface area contributed by atoms with Gasteiger partial charge in [-0.05, 0) is 37.5 Å². The Morgan fingerprint density at radius 2 is 0.490 bits per heavy atom. The minimum Gasteiger partial charge on any atom is -0.462 e. The second-order valence-corrected chi connectivity index (χ2v) is 34.2. The van der Waals surface area contributed by atoms with Crippen LogP contribution in [0, 0.1) is 11.8 Å². The largest absolute Gasteiger partial charge is 0.472 e. The maximum Gasteiger partial charge on any atom is 0.472 e. The first-order valence-electron chi connectivity index (χ1n) is 44.0. The van der Waals surface area contributed by atoms with E-state index in [2.05, 4.69) is 41.5 Å². The Morgan fingerprint density at radius 1 is 0.279 bits per heavy atom. The van der Waals surface area contributed by atoms with E-state index in [-0.39, 0.29) is 25.7 Å². The van der Waals surface area contributed by atoms with E-state index in [1.54, 1.807) is 0 Å². The van der Waals surface area contributed by atoms with Crippen molar-refractivity contribution in [2.24, 2.45) is 11.8 Å². The van der Waals surface area contributed by atoms with Crippen molar-refractivity contribution in [2.75, 3.05) is 39.6 Å². The molecule has 17 nitrogen and oxygen atoms in total. The van der Waals surface area contributed by atoms with Gasteiger partial charge < -0.3 is 33.8 Å². The number of unbranched alkanes of at least 4 members (excludes halogenated alkanes) is 53. The Bertz CT molecular complexity index is 2000. The van der Waals surface area contributed by atoms with Crippen molar-refractivity contribution in [3.63, 3.8) is 0 Å². The number of hydrogen-bond acceptors (Lipinski definition) is 15. The van der Waals surface area contributed by atoms with E-state index in [0.717, 1.165) is 102 Å². The molecule has 0 bridgehead atoms. The van der Waals surface area contributed by atoms with Crippen LogP contribution in [0.4, 0.5) is 0 Å². The van der Waals surface area contributed by atoms with Crippen LogP contribution in [0.25, 0.3) is 0 Å². The molecule has 0 saturated heterocycles. The zero-order valence-corrected chi connectivity index (χ0v) is 70.1. The first-order valence-corrected chi connectivity index (χ1v) is 47.0. The topological polar surface area (TPSA) is 237 Å². The molecule has 0 rings (SSSR count). The van der Waals surface area contributed by atoms with Gasteiger partial charge in [-0.3, -0.25) is 37.3 Å². The number of carbonyl (C=O) groups is 4. The van der Waals surface area contributed by atoms with E-state index in [4.69, 9.17) is 37.0 Å². The molecule has 19 heteroatoms. The third kappa shape index (κ3) is 76.8. The monoisotopic (exact) mass is 1520 g/mol. The molecule has 3 unspecified atom stereocenters. The number of esters is 4. The molecule has 0 aromatic heterocycles. The van der Waals surface area contributed by atoms with Crippen molar-refractivity contribution >= 4 is 39.5 Å². The van der Waals surface area contributed by atoms with Crippen LogP contribution in [0.2, 0.25) is 0 Å². The van der Waals surface area contributed by atoms with Crippen LogP contribution < -0.4 is 0 Å². The Morgan fingerprint density at radius 3 is 0.731 bits per heavy atom. The lowest BCUT2D eigenvalue weighted by Crippen LogP contribution is -2.30. The lowest BCUT2D eigenvalue weighted by atomic mass is 9.99. The highest BCUT2D eigenvalue weighted by molar-refractivity contribution is 7.47. The van der Waals surface area contributed by atoms with Crippen LogP contribution in [-0.4, -0.2) is 96.7 Å². The molecule has 104 heavy (non-hydrogen) atoms. The molecule has 6 atom stereocenters. The van der Waals surface area contributed by atoms with Crippen LogP contribution in [0.1, 0.15) is 452 Å². The molecule has 0 radical (unpaired) electrons. The van der Waals surface area contributed by atoms with Gasteiger partial charge in [0.1, 0.15) is 19.3 Å². The van der Waals surface area contributed by atoms with Gasteiger partial charge >= 0.3 is 39.5 Å². The Balaban J connectivity index is 5.20. The zero-order chi connectivity index (χ0) is 76.4.